The molecule has 0 saturated carbocycles. The molecule has 0 heterocycles. The van der Waals surface area contributed by atoms with Crippen molar-refractivity contribution in [3.05, 3.63) is 119 Å². The van der Waals surface area contributed by atoms with E-state index in [0.29, 0.717) is 41.5 Å². The van der Waals surface area contributed by atoms with Crippen LogP contribution in [0.15, 0.2) is 103 Å². The number of hydrogen-bond acceptors (Lipinski definition) is 3. The maximum absolute atomic E-state index is 13.3. The van der Waals surface area contributed by atoms with Crippen molar-refractivity contribution in [1.82, 2.24) is 5.32 Å². The van der Waals surface area contributed by atoms with Crippen LogP contribution in [0, 0.1) is 6.92 Å². The third-order valence-electron chi connectivity index (χ3n) is 5.72. The van der Waals surface area contributed by atoms with Crippen molar-refractivity contribution in [3.8, 4) is 11.5 Å². The Bertz CT molecular complexity index is 1340. The molecule has 4 aromatic rings. The monoisotopic (exact) mass is 513 g/mol. The molecular weight excluding hydrogens is 486 g/mol. The van der Waals surface area contributed by atoms with Crippen LogP contribution >= 0.6 is 11.6 Å². The van der Waals surface area contributed by atoms with Crippen LogP contribution in [-0.4, -0.2) is 25.0 Å². The van der Waals surface area contributed by atoms with Gasteiger partial charge in [0.05, 0.1) is 10.6 Å². The van der Waals surface area contributed by atoms with Gasteiger partial charge in [-0.25, -0.2) is 4.79 Å². The number of nitrogens with zero attached hydrogens (tertiary/aromatic N) is 1. The Morgan fingerprint density at radius 1 is 0.811 bits per heavy atom. The first-order valence-corrected chi connectivity index (χ1v) is 12.4. The fraction of sp³-hybridized carbons (Fsp3) is 0.133. The van der Waals surface area contributed by atoms with Gasteiger partial charge in [0.15, 0.2) is 0 Å². The third-order valence-corrected chi connectivity index (χ3v) is 6.05. The largest absolute Gasteiger partial charge is 0.457 e. The molecule has 0 fully saturated rings. The minimum atomic E-state index is -0.261. The summed E-state index contributed by atoms with van der Waals surface area (Å²) in [6.45, 7) is 2.72. The van der Waals surface area contributed by atoms with E-state index in [4.69, 9.17) is 16.3 Å². The number of aryl methyl sites for hydroxylation is 1. The van der Waals surface area contributed by atoms with E-state index in [1.807, 2.05) is 85.8 Å². The Morgan fingerprint density at radius 3 is 2.19 bits per heavy atom. The second-order valence-corrected chi connectivity index (χ2v) is 8.80. The van der Waals surface area contributed by atoms with Gasteiger partial charge in [-0.15, -0.1) is 0 Å². The van der Waals surface area contributed by atoms with Gasteiger partial charge in [0, 0.05) is 24.5 Å². The number of benzene rings is 4. The molecule has 0 aliphatic carbocycles. The molecule has 0 radical (unpaired) electrons. The summed E-state index contributed by atoms with van der Waals surface area (Å²) in [4.78, 5) is 27.4. The van der Waals surface area contributed by atoms with Crippen molar-refractivity contribution < 1.29 is 14.3 Å². The lowest BCUT2D eigenvalue weighted by molar-refractivity contribution is 0.0953. The molecule has 3 amide bonds. The number of rotatable bonds is 9. The maximum Gasteiger partial charge on any atom is 0.326 e. The van der Waals surface area contributed by atoms with Crippen LogP contribution < -0.4 is 20.3 Å². The van der Waals surface area contributed by atoms with Gasteiger partial charge in [-0.3, -0.25) is 9.69 Å². The Balaban J connectivity index is 1.44. The predicted molar refractivity (Wildman–Crippen MR) is 149 cm³/mol. The number of halogens is 1. The van der Waals surface area contributed by atoms with E-state index >= 15 is 0 Å². The van der Waals surface area contributed by atoms with Crippen LogP contribution in [0.2, 0.25) is 5.02 Å². The lowest BCUT2D eigenvalue weighted by Gasteiger charge is -2.24. The summed E-state index contributed by atoms with van der Waals surface area (Å²) < 4.78 is 5.88. The minimum Gasteiger partial charge on any atom is -0.457 e. The average Bonchev–Trinajstić information content (AvgIpc) is 2.91. The van der Waals surface area contributed by atoms with Crippen molar-refractivity contribution in [2.45, 2.75) is 13.3 Å². The topological polar surface area (TPSA) is 70.7 Å². The van der Waals surface area contributed by atoms with Gasteiger partial charge < -0.3 is 15.4 Å². The lowest BCUT2D eigenvalue weighted by Crippen LogP contribution is -2.37. The highest BCUT2D eigenvalue weighted by molar-refractivity contribution is 6.33. The van der Waals surface area contributed by atoms with E-state index in [1.165, 1.54) is 0 Å². The highest BCUT2D eigenvalue weighted by Gasteiger charge is 2.17. The smallest absolute Gasteiger partial charge is 0.326 e. The molecule has 37 heavy (non-hydrogen) atoms. The number of carbonyl (C=O) groups is 2. The van der Waals surface area contributed by atoms with Crippen LogP contribution in [0.5, 0.6) is 11.5 Å². The minimum absolute atomic E-state index is 0.246. The zero-order chi connectivity index (χ0) is 26.0. The molecule has 0 aliphatic heterocycles. The molecule has 7 heteroatoms. The number of anilines is 2. The molecule has 2 N–H and O–H groups in total. The quantitative estimate of drug-likeness (QED) is 0.231. The van der Waals surface area contributed by atoms with E-state index in [2.05, 4.69) is 10.6 Å². The fourth-order valence-corrected chi connectivity index (χ4v) is 3.96. The van der Waals surface area contributed by atoms with Crippen LogP contribution in [0.4, 0.5) is 16.2 Å². The molecule has 0 aliphatic rings. The zero-order valence-corrected chi connectivity index (χ0v) is 21.2. The van der Waals surface area contributed by atoms with Crippen molar-refractivity contribution >= 4 is 34.9 Å². The van der Waals surface area contributed by atoms with Gasteiger partial charge in [-0.1, -0.05) is 60.1 Å². The molecule has 0 aromatic heterocycles. The van der Waals surface area contributed by atoms with Crippen LogP contribution in [-0.2, 0) is 0 Å². The third kappa shape index (κ3) is 7.12. The molecule has 0 saturated heterocycles. The second-order valence-electron chi connectivity index (χ2n) is 8.40. The summed E-state index contributed by atoms with van der Waals surface area (Å²) in [6, 6.07) is 31.1. The Morgan fingerprint density at radius 2 is 1.46 bits per heavy atom. The molecular formula is C30H28ClN3O3. The predicted octanol–water partition coefficient (Wildman–Crippen LogP) is 7.30. The van der Waals surface area contributed by atoms with E-state index < -0.39 is 0 Å². The zero-order valence-electron chi connectivity index (χ0n) is 20.5. The van der Waals surface area contributed by atoms with Crippen LogP contribution in [0.3, 0.4) is 0 Å². The number of nitrogens with one attached hydrogen (secondary N) is 2. The van der Waals surface area contributed by atoms with Crippen molar-refractivity contribution in [3.63, 3.8) is 0 Å². The Kier molecular flexibility index (Phi) is 8.79. The van der Waals surface area contributed by atoms with E-state index in [1.54, 1.807) is 29.2 Å². The number of carbonyl (C=O) groups excluding carboxylic acids is 2. The van der Waals surface area contributed by atoms with Crippen molar-refractivity contribution in [2.75, 3.05) is 23.3 Å². The molecule has 4 rings (SSSR count). The first kappa shape index (κ1) is 25.8. The molecule has 0 atom stereocenters. The normalized spacial score (nSPS) is 10.4. The van der Waals surface area contributed by atoms with E-state index in [-0.39, 0.29) is 11.9 Å². The van der Waals surface area contributed by atoms with E-state index in [9.17, 15) is 9.59 Å². The van der Waals surface area contributed by atoms with Gasteiger partial charge in [0.1, 0.15) is 11.5 Å². The number of urea groups is 1. The SMILES string of the molecule is Cc1ccccc1NC(=O)N(CCCNC(=O)c1ccccc1Cl)c1ccc(Oc2ccccc2)cc1. The highest BCUT2D eigenvalue weighted by atomic mass is 35.5. The van der Waals surface area contributed by atoms with Gasteiger partial charge in [-0.05, 0) is 73.5 Å². The van der Waals surface area contributed by atoms with Gasteiger partial charge in [0.2, 0.25) is 0 Å². The van der Waals surface area contributed by atoms with Gasteiger partial charge >= 0.3 is 6.03 Å². The number of hydrogen-bond donors (Lipinski definition) is 2. The Hall–Kier alpha value is -4.29. The van der Waals surface area contributed by atoms with Crippen LogP contribution in [0.25, 0.3) is 0 Å². The summed E-state index contributed by atoms with van der Waals surface area (Å²) >= 11 is 6.13. The average molecular weight is 514 g/mol. The van der Waals surface area contributed by atoms with Crippen LogP contribution in [0.1, 0.15) is 22.3 Å². The van der Waals surface area contributed by atoms with Crippen molar-refractivity contribution in [2.24, 2.45) is 0 Å². The number of ether oxygens (including phenoxy) is 1. The number of amides is 3. The molecule has 0 bridgehead atoms. The van der Waals surface area contributed by atoms with Crippen molar-refractivity contribution in [1.29, 1.82) is 0 Å². The second kappa shape index (κ2) is 12.6. The first-order valence-electron chi connectivity index (χ1n) is 12.0. The summed E-state index contributed by atoms with van der Waals surface area (Å²) in [7, 11) is 0. The summed E-state index contributed by atoms with van der Waals surface area (Å²) in [5.41, 5.74) is 2.85. The molecule has 188 valence electrons. The molecule has 6 nitrogen and oxygen atoms in total. The first-order chi connectivity index (χ1) is 18.0. The Labute approximate surface area is 221 Å². The highest BCUT2D eigenvalue weighted by Crippen LogP contribution is 2.25. The summed E-state index contributed by atoms with van der Waals surface area (Å²) in [5, 5.41) is 6.28. The number of para-hydroxylation sites is 2. The van der Waals surface area contributed by atoms with Gasteiger partial charge in [-0.2, -0.15) is 0 Å². The standard InChI is InChI=1S/C30H28ClN3O3/c1-22-10-5-8-15-28(22)33-30(36)34(21-9-20-32-29(35)26-13-6-7-14-27(26)31)23-16-18-25(19-17-23)37-24-11-3-2-4-12-24/h2-8,10-19H,9,20-21H2,1H3,(H,32,35)(H,33,36). The summed E-state index contributed by atoms with van der Waals surface area (Å²) in [5.74, 6) is 1.16. The molecule has 0 unspecified atom stereocenters. The summed E-state index contributed by atoms with van der Waals surface area (Å²) in [6.07, 6.45) is 0.541. The van der Waals surface area contributed by atoms with E-state index in [0.717, 1.165) is 17.0 Å². The lowest BCUT2D eigenvalue weighted by atomic mass is 10.2. The molecule has 0 spiro atoms. The van der Waals surface area contributed by atoms with Gasteiger partial charge in [0.25, 0.3) is 5.91 Å². The molecule has 4 aromatic carbocycles. The maximum atomic E-state index is 13.3. The fourth-order valence-electron chi connectivity index (χ4n) is 3.74.